The summed E-state index contributed by atoms with van der Waals surface area (Å²) in [6.07, 6.45) is -0.199. The third-order valence-electron chi connectivity index (χ3n) is 4.86. The lowest BCUT2D eigenvalue weighted by Crippen LogP contribution is -2.42. The average molecular weight is 423 g/mol. The highest BCUT2D eigenvalue weighted by molar-refractivity contribution is 6.22. The molecule has 2 aromatic carbocycles. The molecule has 1 atom stereocenters. The highest BCUT2D eigenvalue weighted by atomic mass is 16.5. The van der Waals surface area contributed by atoms with Crippen LogP contribution >= 0.6 is 0 Å². The zero-order valence-corrected chi connectivity index (χ0v) is 17.7. The standard InChI is InChI=1S/C23H25N3O5/c1-4-31-22(29)16-9-8-10-17(13-16)24-20(27)14-19-21(28)26(18-11-6-5-7-12-18)23(30)25(19)15(2)3/h5-13,15,19H,4,14H2,1-3H3,(H,24,27)/t19-/m0/s1. The van der Waals surface area contributed by atoms with Gasteiger partial charge in [0.2, 0.25) is 5.91 Å². The molecule has 0 radical (unpaired) electrons. The fourth-order valence-corrected chi connectivity index (χ4v) is 3.52. The second-order valence-electron chi connectivity index (χ2n) is 7.36. The number of nitrogens with one attached hydrogen (secondary N) is 1. The van der Waals surface area contributed by atoms with E-state index in [-0.39, 0.29) is 19.1 Å². The minimum absolute atomic E-state index is 0.199. The number of carbonyl (C=O) groups excluding carboxylic acids is 4. The van der Waals surface area contributed by atoms with Crippen LogP contribution in [-0.2, 0) is 14.3 Å². The van der Waals surface area contributed by atoms with Crippen LogP contribution < -0.4 is 10.2 Å². The number of anilines is 2. The van der Waals surface area contributed by atoms with E-state index in [4.69, 9.17) is 4.74 Å². The lowest BCUT2D eigenvalue weighted by atomic mass is 10.1. The number of nitrogens with zero attached hydrogens (tertiary/aromatic N) is 2. The number of amides is 4. The summed E-state index contributed by atoms with van der Waals surface area (Å²) in [6, 6.07) is 13.4. The van der Waals surface area contributed by atoms with Crippen LogP contribution in [0.2, 0.25) is 0 Å². The van der Waals surface area contributed by atoms with Crippen LogP contribution in [0.15, 0.2) is 54.6 Å². The van der Waals surface area contributed by atoms with Crippen LogP contribution in [0.4, 0.5) is 16.2 Å². The van der Waals surface area contributed by atoms with Crippen molar-refractivity contribution in [3.8, 4) is 0 Å². The molecule has 8 nitrogen and oxygen atoms in total. The molecule has 0 spiro atoms. The molecule has 4 amide bonds. The van der Waals surface area contributed by atoms with E-state index in [9.17, 15) is 19.2 Å². The largest absolute Gasteiger partial charge is 0.462 e. The third-order valence-corrected chi connectivity index (χ3v) is 4.86. The van der Waals surface area contributed by atoms with Gasteiger partial charge in [0.25, 0.3) is 5.91 Å². The highest BCUT2D eigenvalue weighted by Crippen LogP contribution is 2.28. The number of hydrogen-bond donors (Lipinski definition) is 1. The first-order valence-corrected chi connectivity index (χ1v) is 10.1. The maximum atomic E-state index is 13.1. The summed E-state index contributed by atoms with van der Waals surface area (Å²) in [5.41, 5.74) is 1.18. The zero-order valence-electron chi connectivity index (χ0n) is 17.7. The first-order chi connectivity index (χ1) is 14.8. The summed E-state index contributed by atoms with van der Waals surface area (Å²) < 4.78 is 4.97. The van der Waals surface area contributed by atoms with Gasteiger partial charge in [0.05, 0.1) is 24.3 Å². The Labute approximate surface area is 180 Å². The molecule has 1 heterocycles. The lowest BCUT2D eigenvalue weighted by molar-refractivity contribution is -0.124. The molecule has 162 valence electrons. The van der Waals surface area contributed by atoms with Crippen LogP contribution in [0.1, 0.15) is 37.6 Å². The van der Waals surface area contributed by atoms with Gasteiger partial charge in [-0.05, 0) is 51.1 Å². The number of para-hydroxylation sites is 1. The Hall–Kier alpha value is -3.68. The van der Waals surface area contributed by atoms with Gasteiger partial charge in [-0.2, -0.15) is 0 Å². The second-order valence-corrected chi connectivity index (χ2v) is 7.36. The summed E-state index contributed by atoms with van der Waals surface area (Å²) in [5, 5.41) is 2.70. The van der Waals surface area contributed by atoms with Gasteiger partial charge in [-0.3, -0.25) is 9.59 Å². The Morgan fingerprint density at radius 2 is 1.77 bits per heavy atom. The Morgan fingerprint density at radius 1 is 1.06 bits per heavy atom. The minimum Gasteiger partial charge on any atom is -0.462 e. The second kappa shape index (κ2) is 9.42. The van der Waals surface area contributed by atoms with Crippen molar-refractivity contribution >= 4 is 35.2 Å². The number of imide groups is 1. The number of hydrogen-bond acceptors (Lipinski definition) is 5. The molecule has 1 N–H and O–H groups in total. The molecule has 1 saturated heterocycles. The van der Waals surface area contributed by atoms with E-state index < -0.39 is 29.9 Å². The molecule has 31 heavy (non-hydrogen) atoms. The normalized spacial score (nSPS) is 16.1. The van der Waals surface area contributed by atoms with Crippen molar-refractivity contribution in [3.63, 3.8) is 0 Å². The first kappa shape index (κ1) is 22.0. The molecule has 2 aromatic rings. The molecule has 0 aliphatic carbocycles. The number of carbonyl (C=O) groups is 4. The Balaban J connectivity index is 1.77. The van der Waals surface area contributed by atoms with E-state index in [1.165, 1.54) is 11.0 Å². The average Bonchev–Trinajstić information content (AvgIpc) is 2.98. The van der Waals surface area contributed by atoms with Crippen LogP contribution in [0.3, 0.4) is 0 Å². The fraction of sp³-hybridized carbons (Fsp3) is 0.304. The van der Waals surface area contributed by atoms with Gasteiger partial charge in [0, 0.05) is 11.7 Å². The Morgan fingerprint density at radius 3 is 2.42 bits per heavy atom. The van der Waals surface area contributed by atoms with Gasteiger partial charge in [0.1, 0.15) is 6.04 Å². The number of esters is 1. The molecular formula is C23H25N3O5. The van der Waals surface area contributed by atoms with Crippen LogP contribution in [0.5, 0.6) is 0 Å². The minimum atomic E-state index is -0.916. The van der Waals surface area contributed by atoms with E-state index in [2.05, 4.69) is 5.32 Å². The van der Waals surface area contributed by atoms with E-state index in [0.29, 0.717) is 16.9 Å². The zero-order chi connectivity index (χ0) is 22.5. The molecular weight excluding hydrogens is 398 g/mol. The maximum absolute atomic E-state index is 13.1. The molecule has 3 rings (SSSR count). The van der Waals surface area contributed by atoms with Gasteiger partial charge in [-0.1, -0.05) is 24.3 Å². The molecule has 0 aromatic heterocycles. The number of benzene rings is 2. The summed E-state index contributed by atoms with van der Waals surface area (Å²) in [5.74, 6) is -1.37. The number of ether oxygens (including phenoxy) is 1. The first-order valence-electron chi connectivity index (χ1n) is 10.1. The van der Waals surface area contributed by atoms with Gasteiger partial charge in [0.15, 0.2) is 0 Å². The molecule has 1 aliphatic rings. The van der Waals surface area contributed by atoms with Crippen molar-refractivity contribution in [3.05, 3.63) is 60.2 Å². The van der Waals surface area contributed by atoms with E-state index in [0.717, 1.165) is 4.90 Å². The van der Waals surface area contributed by atoms with E-state index >= 15 is 0 Å². The van der Waals surface area contributed by atoms with Crippen molar-refractivity contribution in [2.75, 3.05) is 16.8 Å². The summed E-state index contributed by atoms with van der Waals surface area (Å²) in [4.78, 5) is 53.1. The smallest absolute Gasteiger partial charge is 0.338 e. The van der Waals surface area contributed by atoms with Gasteiger partial charge < -0.3 is 15.0 Å². The molecule has 1 aliphatic heterocycles. The van der Waals surface area contributed by atoms with Crippen molar-refractivity contribution in [1.29, 1.82) is 0 Å². The molecule has 0 unspecified atom stereocenters. The predicted octanol–water partition coefficient (Wildman–Crippen LogP) is 3.44. The fourth-order valence-electron chi connectivity index (χ4n) is 3.52. The summed E-state index contributed by atoms with van der Waals surface area (Å²) in [6.45, 7) is 5.56. The van der Waals surface area contributed by atoms with Crippen molar-refractivity contribution in [2.45, 2.75) is 39.3 Å². The summed E-state index contributed by atoms with van der Waals surface area (Å²) in [7, 11) is 0. The molecule has 1 fully saturated rings. The Kier molecular flexibility index (Phi) is 6.69. The number of rotatable bonds is 7. The van der Waals surface area contributed by atoms with Crippen LogP contribution in [0, 0.1) is 0 Å². The van der Waals surface area contributed by atoms with E-state index in [1.54, 1.807) is 69.3 Å². The van der Waals surface area contributed by atoms with Crippen molar-refractivity contribution in [2.24, 2.45) is 0 Å². The topological polar surface area (TPSA) is 96.0 Å². The van der Waals surface area contributed by atoms with E-state index in [1.807, 2.05) is 0 Å². The van der Waals surface area contributed by atoms with Crippen LogP contribution in [0.25, 0.3) is 0 Å². The lowest BCUT2D eigenvalue weighted by Gasteiger charge is -2.25. The van der Waals surface area contributed by atoms with Gasteiger partial charge in [-0.25, -0.2) is 14.5 Å². The molecule has 0 saturated carbocycles. The van der Waals surface area contributed by atoms with Gasteiger partial charge >= 0.3 is 12.0 Å². The van der Waals surface area contributed by atoms with Crippen molar-refractivity contribution in [1.82, 2.24) is 4.90 Å². The third kappa shape index (κ3) is 4.74. The van der Waals surface area contributed by atoms with Gasteiger partial charge in [-0.15, -0.1) is 0 Å². The maximum Gasteiger partial charge on any atom is 0.338 e. The number of urea groups is 1. The SMILES string of the molecule is CCOC(=O)c1cccc(NC(=O)C[C@H]2C(=O)N(c3ccccc3)C(=O)N2C(C)C)c1. The monoisotopic (exact) mass is 423 g/mol. The highest BCUT2D eigenvalue weighted by Gasteiger charge is 2.47. The Bertz CT molecular complexity index is 990. The predicted molar refractivity (Wildman–Crippen MR) is 116 cm³/mol. The molecule has 0 bridgehead atoms. The van der Waals surface area contributed by atoms with Crippen molar-refractivity contribution < 1.29 is 23.9 Å². The summed E-state index contributed by atoms with van der Waals surface area (Å²) >= 11 is 0. The quantitative estimate of drug-likeness (QED) is 0.544. The molecule has 8 heteroatoms. The van der Waals surface area contributed by atoms with Crippen LogP contribution in [-0.4, -0.2) is 47.4 Å².